The molecule has 0 atom stereocenters. The van der Waals surface area contributed by atoms with Crippen molar-refractivity contribution in [2.24, 2.45) is 5.10 Å². The molecule has 0 aliphatic rings. The summed E-state index contributed by atoms with van der Waals surface area (Å²) in [6.45, 7) is 4.10. The maximum Gasteiger partial charge on any atom is 0.282 e. The van der Waals surface area contributed by atoms with Crippen LogP contribution in [0, 0.1) is 6.92 Å². The van der Waals surface area contributed by atoms with Crippen LogP contribution in [-0.4, -0.2) is 36.7 Å². The summed E-state index contributed by atoms with van der Waals surface area (Å²) in [6.07, 6.45) is 1.56. The molecular formula is C20H20BrN3O4. The van der Waals surface area contributed by atoms with Crippen molar-refractivity contribution in [3.05, 3.63) is 56.5 Å². The van der Waals surface area contributed by atoms with Crippen LogP contribution in [0.2, 0.25) is 0 Å². The minimum absolute atomic E-state index is 0.245. The molecule has 8 heteroatoms. The van der Waals surface area contributed by atoms with E-state index in [-0.39, 0.29) is 5.56 Å². The molecule has 146 valence electrons. The monoisotopic (exact) mass is 445 g/mol. The number of aromatic nitrogens is 2. The Morgan fingerprint density at radius 2 is 1.86 bits per heavy atom. The molecule has 3 aromatic rings. The number of rotatable bonds is 6. The average Bonchev–Trinajstić information content (AvgIpc) is 2.69. The maximum absolute atomic E-state index is 12.8. The van der Waals surface area contributed by atoms with Gasteiger partial charge in [-0.05, 0) is 44.2 Å². The van der Waals surface area contributed by atoms with E-state index in [1.165, 1.54) is 4.68 Å². The fraction of sp³-hybridized carbons (Fsp3) is 0.250. The van der Waals surface area contributed by atoms with Gasteiger partial charge in [0.2, 0.25) is 5.75 Å². The van der Waals surface area contributed by atoms with Crippen molar-refractivity contribution in [1.82, 2.24) is 9.66 Å². The van der Waals surface area contributed by atoms with Crippen molar-refractivity contribution in [3.8, 4) is 17.2 Å². The minimum Gasteiger partial charge on any atom is -0.493 e. The third-order valence-corrected chi connectivity index (χ3v) is 4.56. The Balaban J connectivity index is 2.08. The van der Waals surface area contributed by atoms with Gasteiger partial charge in [0.05, 0.1) is 37.9 Å². The number of halogens is 1. The first kappa shape index (κ1) is 19.9. The van der Waals surface area contributed by atoms with E-state index in [1.54, 1.807) is 51.6 Å². The van der Waals surface area contributed by atoms with E-state index in [1.807, 2.05) is 13.0 Å². The molecule has 28 heavy (non-hydrogen) atoms. The van der Waals surface area contributed by atoms with Gasteiger partial charge >= 0.3 is 0 Å². The SMILES string of the molecule is CCOc1c(OC)cc(C=Nn2c(C)nc3ccc(Br)cc3c2=O)cc1OC. The summed E-state index contributed by atoms with van der Waals surface area (Å²) < 4.78 is 18.5. The maximum atomic E-state index is 12.8. The van der Waals surface area contributed by atoms with Crippen LogP contribution in [0.3, 0.4) is 0 Å². The molecule has 0 saturated carbocycles. The van der Waals surface area contributed by atoms with Crippen LogP contribution in [0.1, 0.15) is 18.3 Å². The Labute approximate surface area is 170 Å². The van der Waals surface area contributed by atoms with Gasteiger partial charge in [-0.25, -0.2) is 4.98 Å². The van der Waals surface area contributed by atoms with Crippen LogP contribution >= 0.6 is 15.9 Å². The fourth-order valence-electron chi connectivity index (χ4n) is 2.78. The molecule has 0 amide bonds. The first-order valence-corrected chi connectivity index (χ1v) is 9.39. The van der Waals surface area contributed by atoms with Crippen molar-refractivity contribution >= 4 is 33.0 Å². The second-order valence-electron chi connectivity index (χ2n) is 5.87. The highest BCUT2D eigenvalue weighted by molar-refractivity contribution is 9.10. The largest absolute Gasteiger partial charge is 0.493 e. The van der Waals surface area contributed by atoms with Crippen LogP contribution in [0.4, 0.5) is 0 Å². The lowest BCUT2D eigenvalue weighted by molar-refractivity contribution is 0.288. The van der Waals surface area contributed by atoms with Crippen LogP contribution < -0.4 is 19.8 Å². The molecule has 1 heterocycles. The topological polar surface area (TPSA) is 74.9 Å². The summed E-state index contributed by atoms with van der Waals surface area (Å²) in [7, 11) is 3.11. The molecular weight excluding hydrogens is 426 g/mol. The van der Waals surface area contributed by atoms with Gasteiger partial charge in [0.1, 0.15) is 5.82 Å². The van der Waals surface area contributed by atoms with Gasteiger partial charge in [0.15, 0.2) is 11.5 Å². The number of hydrogen-bond donors (Lipinski definition) is 0. The number of nitrogens with zero attached hydrogens (tertiary/aromatic N) is 3. The molecule has 0 saturated heterocycles. The molecule has 3 rings (SSSR count). The van der Waals surface area contributed by atoms with E-state index in [0.717, 1.165) is 4.47 Å². The van der Waals surface area contributed by atoms with Gasteiger partial charge < -0.3 is 14.2 Å². The van der Waals surface area contributed by atoms with Crippen molar-refractivity contribution < 1.29 is 14.2 Å². The molecule has 0 aliphatic heterocycles. The van der Waals surface area contributed by atoms with Crippen molar-refractivity contribution in [1.29, 1.82) is 0 Å². The third-order valence-electron chi connectivity index (χ3n) is 4.06. The summed E-state index contributed by atoms with van der Waals surface area (Å²) in [5.41, 5.74) is 1.07. The zero-order valence-electron chi connectivity index (χ0n) is 16.0. The van der Waals surface area contributed by atoms with E-state index in [4.69, 9.17) is 14.2 Å². The molecule has 0 unspecified atom stereocenters. The first-order chi connectivity index (χ1) is 13.5. The number of aryl methyl sites for hydroxylation is 1. The highest BCUT2D eigenvalue weighted by atomic mass is 79.9. The summed E-state index contributed by atoms with van der Waals surface area (Å²) in [5, 5.41) is 4.82. The van der Waals surface area contributed by atoms with Gasteiger partial charge in [0.25, 0.3) is 5.56 Å². The lowest BCUT2D eigenvalue weighted by Gasteiger charge is -2.14. The van der Waals surface area contributed by atoms with Gasteiger partial charge in [-0.3, -0.25) is 4.79 Å². The fourth-order valence-corrected chi connectivity index (χ4v) is 3.14. The van der Waals surface area contributed by atoms with Crippen LogP contribution in [0.5, 0.6) is 17.2 Å². The van der Waals surface area contributed by atoms with E-state index < -0.39 is 0 Å². The second kappa shape index (κ2) is 8.43. The number of hydrogen-bond acceptors (Lipinski definition) is 6. The zero-order chi connectivity index (χ0) is 20.3. The highest BCUT2D eigenvalue weighted by Crippen LogP contribution is 2.38. The Morgan fingerprint density at radius 1 is 1.18 bits per heavy atom. The first-order valence-electron chi connectivity index (χ1n) is 8.60. The number of ether oxygens (including phenoxy) is 3. The Bertz CT molecular complexity index is 1080. The summed E-state index contributed by atoms with van der Waals surface area (Å²) in [4.78, 5) is 17.3. The Kier molecular flexibility index (Phi) is 5.99. The standard InChI is InChI=1S/C20H20BrN3O4/c1-5-28-19-17(26-3)8-13(9-18(19)27-4)11-22-24-12(2)23-16-7-6-14(21)10-15(16)20(24)25/h6-11H,5H2,1-4H3. The number of fused-ring (bicyclic) bond motifs is 1. The molecule has 1 aromatic heterocycles. The predicted molar refractivity (Wildman–Crippen MR) is 112 cm³/mol. The molecule has 2 aromatic carbocycles. The average molecular weight is 446 g/mol. The number of methoxy groups -OCH3 is 2. The smallest absolute Gasteiger partial charge is 0.282 e. The lowest BCUT2D eigenvalue weighted by Crippen LogP contribution is -2.20. The summed E-state index contributed by atoms with van der Waals surface area (Å²) in [6, 6.07) is 8.91. The highest BCUT2D eigenvalue weighted by Gasteiger charge is 2.13. The van der Waals surface area contributed by atoms with Crippen molar-refractivity contribution in [2.45, 2.75) is 13.8 Å². The van der Waals surface area contributed by atoms with E-state index >= 15 is 0 Å². The second-order valence-corrected chi connectivity index (χ2v) is 6.79. The minimum atomic E-state index is -0.245. The lowest BCUT2D eigenvalue weighted by atomic mass is 10.2. The molecule has 0 radical (unpaired) electrons. The molecule has 0 fully saturated rings. The zero-order valence-corrected chi connectivity index (χ0v) is 17.6. The summed E-state index contributed by atoms with van der Waals surface area (Å²) in [5.74, 6) is 2.05. The molecule has 7 nitrogen and oxygen atoms in total. The van der Waals surface area contributed by atoms with Crippen LogP contribution in [0.15, 0.2) is 44.7 Å². The van der Waals surface area contributed by atoms with E-state index in [9.17, 15) is 4.79 Å². The van der Waals surface area contributed by atoms with E-state index in [0.29, 0.717) is 46.1 Å². The normalized spacial score (nSPS) is 11.2. The molecule has 0 N–H and O–H groups in total. The quantitative estimate of drug-likeness (QED) is 0.539. The summed E-state index contributed by atoms with van der Waals surface area (Å²) >= 11 is 3.38. The van der Waals surface area contributed by atoms with Crippen LogP contribution in [-0.2, 0) is 0 Å². The predicted octanol–water partition coefficient (Wildman–Crippen LogP) is 3.77. The van der Waals surface area contributed by atoms with Gasteiger partial charge in [-0.15, -0.1) is 0 Å². The molecule has 0 bridgehead atoms. The third kappa shape index (κ3) is 3.87. The van der Waals surface area contributed by atoms with Crippen molar-refractivity contribution in [2.75, 3.05) is 20.8 Å². The molecule has 0 aliphatic carbocycles. The Morgan fingerprint density at radius 3 is 2.46 bits per heavy atom. The Hall–Kier alpha value is -2.87. The van der Waals surface area contributed by atoms with Crippen LogP contribution in [0.25, 0.3) is 10.9 Å². The van der Waals surface area contributed by atoms with Gasteiger partial charge in [-0.2, -0.15) is 9.78 Å². The number of benzene rings is 2. The molecule has 0 spiro atoms. The van der Waals surface area contributed by atoms with Crippen molar-refractivity contribution in [3.63, 3.8) is 0 Å². The van der Waals surface area contributed by atoms with Gasteiger partial charge in [0, 0.05) is 10.0 Å². The van der Waals surface area contributed by atoms with Gasteiger partial charge in [-0.1, -0.05) is 15.9 Å². The van der Waals surface area contributed by atoms with E-state index in [2.05, 4.69) is 26.0 Å².